The Bertz CT molecular complexity index is 2070. The molecule has 0 heterocycles. The van der Waals surface area contributed by atoms with Crippen LogP contribution < -0.4 is 0 Å². The minimum atomic E-state index is -1.23. The summed E-state index contributed by atoms with van der Waals surface area (Å²) in [4.78, 5) is 0. The second-order valence-corrected chi connectivity index (χ2v) is 12.1. The summed E-state index contributed by atoms with van der Waals surface area (Å²) in [7, 11) is 0. The highest BCUT2D eigenvalue weighted by Crippen LogP contribution is 2.45. The molecular weight excluding hydrogens is 511 g/mol. The number of rotatable bonds is 5. The number of aryl methyl sites for hydroxylation is 1. The molecule has 7 aromatic carbocycles. The van der Waals surface area contributed by atoms with Crippen LogP contribution in [0.3, 0.4) is 0 Å². The van der Waals surface area contributed by atoms with E-state index in [4.69, 9.17) is 0 Å². The Balaban J connectivity index is 1.51. The van der Waals surface area contributed by atoms with Gasteiger partial charge in [-0.25, -0.2) is 4.39 Å². The first-order chi connectivity index (χ1) is 20.3. The molecule has 0 aliphatic heterocycles. The number of benzene rings is 7. The van der Waals surface area contributed by atoms with Crippen LogP contribution in [-0.2, 0) is 6.42 Å². The number of hydrogen-bond donors (Lipinski definition) is 0. The molecule has 0 N–H and O–H groups in total. The molecule has 0 saturated heterocycles. The van der Waals surface area contributed by atoms with Gasteiger partial charge in [-0.05, 0) is 104 Å². The SMILES string of the molecule is Cc1ccc(-c2c3ccccc3c(-c3ccc4ccccc4c3)c3ccc(-c4ccc(CC(C)(C)F)cc4)cc23)cc1. The molecule has 0 fully saturated rings. The second kappa shape index (κ2) is 10.3. The van der Waals surface area contributed by atoms with Crippen molar-refractivity contribution in [1.82, 2.24) is 0 Å². The molecular formula is C41H33F. The smallest absolute Gasteiger partial charge is 0.109 e. The van der Waals surface area contributed by atoms with Gasteiger partial charge in [0.05, 0.1) is 0 Å². The van der Waals surface area contributed by atoms with Crippen molar-refractivity contribution in [1.29, 1.82) is 0 Å². The lowest BCUT2D eigenvalue weighted by molar-refractivity contribution is 0.217. The highest BCUT2D eigenvalue weighted by atomic mass is 19.1. The minimum absolute atomic E-state index is 0.406. The van der Waals surface area contributed by atoms with E-state index in [1.165, 1.54) is 60.1 Å². The molecule has 0 unspecified atom stereocenters. The molecule has 0 nitrogen and oxygen atoms in total. The summed E-state index contributed by atoms with van der Waals surface area (Å²) in [6.45, 7) is 5.40. The van der Waals surface area contributed by atoms with Crippen LogP contribution in [0.2, 0.25) is 0 Å². The normalized spacial score (nSPS) is 11.9. The molecule has 7 rings (SSSR count). The highest BCUT2D eigenvalue weighted by Gasteiger charge is 2.19. The average molecular weight is 545 g/mol. The van der Waals surface area contributed by atoms with Gasteiger partial charge in [-0.1, -0.05) is 127 Å². The van der Waals surface area contributed by atoms with Gasteiger partial charge in [0.15, 0.2) is 0 Å². The van der Waals surface area contributed by atoms with E-state index in [-0.39, 0.29) is 0 Å². The molecule has 0 bridgehead atoms. The van der Waals surface area contributed by atoms with Crippen LogP contribution in [0.4, 0.5) is 4.39 Å². The Labute approximate surface area is 247 Å². The minimum Gasteiger partial charge on any atom is -0.244 e. The van der Waals surface area contributed by atoms with Gasteiger partial charge in [0.1, 0.15) is 5.67 Å². The average Bonchev–Trinajstić information content (AvgIpc) is 2.99. The van der Waals surface area contributed by atoms with Crippen LogP contribution in [0.5, 0.6) is 0 Å². The lowest BCUT2D eigenvalue weighted by Crippen LogP contribution is -2.15. The standard InChI is InChI=1S/C41H33F/c1-27-12-16-31(17-13-27)39-35-10-6-7-11-36(35)40(34-21-20-29-8-4-5-9-32(29)24-34)37-23-22-33(25-38(37)39)30-18-14-28(15-19-30)26-41(2,3)42/h4-25H,26H2,1-3H3. The van der Waals surface area contributed by atoms with Crippen LogP contribution in [0.1, 0.15) is 25.0 Å². The third-order valence-electron chi connectivity index (χ3n) is 8.31. The van der Waals surface area contributed by atoms with E-state index < -0.39 is 5.67 Å². The second-order valence-electron chi connectivity index (χ2n) is 12.1. The Morgan fingerprint density at radius 2 is 1.02 bits per heavy atom. The molecule has 0 aliphatic rings. The van der Waals surface area contributed by atoms with E-state index in [0.717, 1.165) is 16.7 Å². The molecule has 0 aromatic heterocycles. The summed E-state index contributed by atoms with van der Waals surface area (Å²) in [6.07, 6.45) is 0.406. The van der Waals surface area contributed by atoms with E-state index in [0.29, 0.717) is 6.42 Å². The first kappa shape index (κ1) is 26.2. The maximum Gasteiger partial charge on any atom is 0.109 e. The largest absolute Gasteiger partial charge is 0.244 e. The van der Waals surface area contributed by atoms with Crippen molar-refractivity contribution in [2.75, 3.05) is 0 Å². The molecule has 0 saturated carbocycles. The fourth-order valence-electron chi connectivity index (χ4n) is 6.35. The molecule has 0 radical (unpaired) electrons. The van der Waals surface area contributed by atoms with Crippen molar-refractivity contribution in [3.05, 3.63) is 145 Å². The maximum absolute atomic E-state index is 14.3. The lowest BCUT2D eigenvalue weighted by Gasteiger charge is -2.19. The zero-order valence-electron chi connectivity index (χ0n) is 24.3. The van der Waals surface area contributed by atoms with E-state index in [1.54, 1.807) is 13.8 Å². The van der Waals surface area contributed by atoms with Crippen molar-refractivity contribution < 1.29 is 4.39 Å². The molecule has 204 valence electrons. The lowest BCUT2D eigenvalue weighted by atomic mass is 9.84. The Morgan fingerprint density at radius 1 is 0.476 bits per heavy atom. The Morgan fingerprint density at radius 3 is 1.71 bits per heavy atom. The molecule has 0 aliphatic carbocycles. The Kier molecular flexibility index (Phi) is 6.39. The summed E-state index contributed by atoms with van der Waals surface area (Å²) in [6, 6.07) is 48.3. The number of fused-ring (bicyclic) bond motifs is 3. The van der Waals surface area contributed by atoms with Gasteiger partial charge in [0.25, 0.3) is 0 Å². The van der Waals surface area contributed by atoms with Crippen LogP contribution in [0.25, 0.3) is 65.7 Å². The van der Waals surface area contributed by atoms with Gasteiger partial charge in [0, 0.05) is 6.42 Å². The molecule has 0 amide bonds. The molecule has 0 atom stereocenters. The molecule has 0 spiro atoms. The summed E-state index contributed by atoms with van der Waals surface area (Å²) in [5.41, 5.74) is 8.26. The van der Waals surface area contributed by atoms with Crippen LogP contribution >= 0.6 is 0 Å². The van der Waals surface area contributed by atoms with Gasteiger partial charge in [-0.3, -0.25) is 0 Å². The summed E-state index contributed by atoms with van der Waals surface area (Å²) >= 11 is 0. The topological polar surface area (TPSA) is 0 Å². The van der Waals surface area contributed by atoms with Gasteiger partial charge in [0.2, 0.25) is 0 Å². The van der Waals surface area contributed by atoms with E-state index in [1.807, 2.05) is 0 Å². The van der Waals surface area contributed by atoms with Crippen LogP contribution in [0.15, 0.2) is 133 Å². The van der Waals surface area contributed by atoms with Crippen molar-refractivity contribution in [2.24, 2.45) is 0 Å². The molecule has 7 aromatic rings. The quantitative estimate of drug-likeness (QED) is 0.189. The summed E-state index contributed by atoms with van der Waals surface area (Å²) in [5.74, 6) is 0. The van der Waals surface area contributed by atoms with Gasteiger partial charge in [-0.2, -0.15) is 0 Å². The highest BCUT2D eigenvalue weighted by molar-refractivity contribution is 6.22. The van der Waals surface area contributed by atoms with E-state index in [9.17, 15) is 4.39 Å². The fourth-order valence-corrected chi connectivity index (χ4v) is 6.35. The first-order valence-electron chi connectivity index (χ1n) is 14.7. The van der Waals surface area contributed by atoms with E-state index in [2.05, 4.69) is 140 Å². The predicted molar refractivity (Wildman–Crippen MR) is 179 cm³/mol. The maximum atomic E-state index is 14.3. The van der Waals surface area contributed by atoms with Crippen LogP contribution in [0, 0.1) is 6.92 Å². The van der Waals surface area contributed by atoms with Crippen molar-refractivity contribution in [2.45, 2.75) is 32.9 Å². The zero-order valence-corrected chi connectivity index (χ0v) is 24.3. The first-order valence-corrected chi connectivity index (χ1v) is 14.7. The Hall–Kier alpha value is -4.75. The number of halogens is 1. The molecule has 42 heavy (non-hydrogen) atoms. The van der Waals surface area contributed by atoms with Crippen LogP contribution in [-0.4, -0.2) is 5.67 Å². The monoisotopic (exact) mass is 544 g/mol. The third-order valence-corrected chi connectivity index (χ3v) is 8.31. The van der Waals surface area contributed by atoms with Crippen molar-refractivity contribution >= 4 is 32.3 Å². The predicted octanol–water partition coefficient (Wildman–Crippen LogP) is 11.7. The number of hydrogen-bond acceptors (Lipinski definition) is 0. The van der Waals surface area contributed by atoms with Gasteiger partial charge < -0.3 is 0 Å². The fraction of sp³-hybridized carbons (Fsp3) is 0.122. The zero-order chi connectivity index (χ0) is 28.8. The number of alkyl halides is 1. The van der Waals surface area contributed by atoms with Gasteiger partial charge >= 0.3 is 0 Å². The summed E-state index contributed by atoms with van der Waals surface area (Å²) < 4.78 is 14.3. The summed E-state index contributed by atoms with van der Waals surface area (Å²) in [5, 5.41) is 7.44. The van der Waals surface area contributed by atoms with Crippen molar-refractivity contribution in [3.8, 4) is 33.4 Å². The third kappa shape index (κ3) is 4.86. The van der Waals surface area contributed by atoms with Gasteiger partial charge in [-0.15, -0.1) is 0 Å². The van der Waals surface area contributed by atoms with E-state index >= 15 is 0 Å². The van der Waals surface area contributed by atoms with Crippen molar-refractivity contribution in [3.63, 3.8) is 0 Å². The molecule has 1 heteroatoms.